The van der Waals surface area contributed by atoms with Gasteiger partial charge in [-0.15, -0.1) is 0 Å². The van der Waals surface area contributed by atoms with E-state index in [1.54, 1.807) is 49.3 Å². The molecule has 36 heavy (non-hydrogen) atoms. The summed E-state index contributed by atoms with van der Waals surface area (Å²) in [5.41, 5.74) is 3.25. The van der Waals surface area contributed by atoms with Crippen molar-refractivity contribution in [3.8, 4) is 11.4 Å². The third kappa shape index (κ3) is 5.23. The van der Waals surface area contributed by atoms with Gasteiger partial charge in [0.25, 0.3) is 0 Å². The van der Waals surface area contributed by atoms with Gasteiger partial charge in [-0.2, -0.15) is 4.39 Å². The van der Waals surface area contributed by atoms with E-state index in [0.29, 0.717) is 28.5 Å². The quantitative estimate of drug-likeness (QED) is 0.462. The molecule has 0 amide bonds. The van der Waals surface area contributed by atoms with E-state index in [1.165, 1.54) is 6.07 Å². The Kier molecular flexibility index (Phi) is 7.08. The van der Waals surface area contributed by atoms with Crippen LogP contribution >= 0.6 is 11.6 Å². The lowest BCUT2D eigenvalue weighted by molar-refractivity contribution is 0.0688. The average Bonchev–Trinajstić information content (AvgIpc) is 2.81. The largest absolute Gasteiger partial charge is 0.486 e. The summed E-state index contributed by atoms with van der Waals surface area (Å²) in [4.78, 5) is 18.8. The van der Waals surface area contributed by atoms with Crippen molar-refractivity contribution in [2.24, 2.45) is 0 Å². The highest BCUT2D eigenvalue weighted by Crippen LogP contribution is 2.36. The van der Waals surface area contributed by atoms with Gasteiger partial charge in [-0.05, 0) is 63.9 Å². The Morgan fingerprint density at radius 1 is 1.11 bits per heavy atom. The summed E-state index contributed by atoms with van der Waals surface area (Å²) in [5, 5.41) is 21.6. The Morgan fingerprint density at radius 3 is 2.53 bits per heavy atom. The molecule has 1 aliphatic heterocycles. The number of ether oxygens (including phenoxy) is 1. The second-order valence-corrected chi connectivity index (χ2v) is 9.53. The van der Waals surface area contributed by atoms with Crippen LogP contribution in [0, 0.1) is 19.8 Å². The van der Waals surface area contributed by atoms with Gasteiger partial charge in [-0.1, -0.05) is 17.7 Å². The molecule has 0 radical (unpaired) electrons. The fourth-order valence-electron chi connectivity index (χ4n) is 3.77. The number of halogens is 2. The van der Waals surface area contributed by atoms with Crippen molar-refractivity contribution in [3.63, 3.8) is 0 Å². The van der Waals surface area contributed by atoms with Crippen molar-refractivity contribution in [2.75, 3.05) is 4.90 Å². The van der Waals surface area contributed by atoms with E-state index in [9.17, 15) is 14.6 Å². The first-order valence-corrected chi connectivity index (χ1v) is 11.7. The van der Waals surface area contributed by atoms with E-state index in [4.69, 9.17) is 16.3 Å². The molecule has 0 bridgehead atoms. The zero-order valence-corrected chi connectivity index (χ0v) is 21.4. The van der Waals surface area contributed by atoms with Gasteiger partial charge in [0.15, 0.2) is 12.1 Å². The average molecular weight is 512 g/mol. The van der Waals surface area contributed by atoms with Gasteiger partial charge in [0.1, 0.15) is 23.0 Å². The first-order chi connectivity index (χ1) is 17.0. The number of nitrogens with zero attached hydrogens (tertiary/aromatic N) is 5. The van der Waals surface area contributed by atoms with E-state index >= 15 is 0 Å². The molecule has 3 aromatic heterocycles. The first kappa shape index (κ1) is 25.7. The van der Waals surface area contributed by atoms with E-state index in [1.807, 2.05) is 26.8 Å². The van der Waals surface area contributed by atoms with Gasteiger partial charge in [-0.3, -0.25) is 4.98 Å². The van der Waals surface area contributed by atoms with Crippen molar-refractivity contribution in [3.05, 3.63) is 87.8 Å². The molecule has 3 aromatic rings. The maximum atomic E-state index is 13.4. The Bertz CT molecular complexity index is 1370. The molecule has 10 heteroatoms. The first-order valence-electron chi connectivity index (χ1n) is 11.3. The highest BCUT2D eigenvalue weighted by Gasteiger charge is 2.30. The van der Waals surface area contributed by atoms with Crippen molar-refractivity contribution >= 4 is 17.3 Å². The van der Waals surface area contributed by atoms with E-state index in [2.05, 4.69) is 19.9 Å². The SMILES string of the molecule is CC1=CC(OCc2cccc(F)n2)=C(Cl)C(O)N1c1cc(-c2nc(C(C)(C)O)ncc2C)ncc1C. The van der Waals surface area contributed by atoms with Crippen LogP contribution in [0.5, 0.6) is 0 Å². The number of allylic oxidation sites excluding steroid dienone is 2. The number of aliphatic hydroxyl groups excluding tert-OH is 1. The van der Waals surface area contributed by atoms with Gasteiger partial charge in [0.2, 0.25) is 5.95 Å². The number of aromatic nitrogens is 4. The molecule has 1 atom stereocenters. The predicted octanol–water partition coefficient (Wildman–Crippen LogP) is 4.63. The topological polar surface area (TPSA) is 104 Å². The van der Waals surface area contributed by atoms with Crippen LogP contribution in [-0.2, 0) is 16.9 Å². The van der Waals surface area contributed by atoms with Gasteiger partial charge in [0.05, 0.1) is 22.8 Å². The second-order valence-electron chi connectivity index (χ2n) is 9.12. The molecule has 1 aliphatic rings. The highest BCUT2D eigenvalue weighted by molar-refractivity contribution is 6.31. The van der Waals surface area contributed by atoms with Gasteiger partial charge in [-0.25, -0.2) is 15.0 Å². The maximum absolute atomic E-state index is 13.4. The number of anilines is 1. The molecular formula is C26H27ClFN5O3. The smallest absolute Gasteiger partial charge is 0.213 e. The Morgan fingerprint density at radius 2 is 1.83 bits per heavy atom. The van der Waals surface area contributed by atoms with Crippen LogP contribution in [0.25, 0.3) is 11.4 Å². The summed E-state index contributed by atoms with van der Waals surface area (Å²) in [6.45, 7) is 8.79. The van der Waals surface area contributed by atoms with Crippen LogP contribution < -0.4 is 4.90 Å². The molecule has 4 heterocycles. The third-order valence-corrected chi connectivity index (χ3v) is 6.05. The monoisotopic (exact) mass is 511 g/mol. The normalized spacial score (nSPS) is 16.3. The van der Waals surface area contributed by atoms with Crippen LogP contribution in [0.4, 0.5) is 10.1 Å². The number of hydrogen-bond acceptors (Lipinski definition) is 8. The maximum Gasteiger partial charge on any atom is 0.213 e. The number of aliphatic hydroxyl groups is 2. The van der Waals surface area contributed by atoms with Crippen molar-refractivity contribution in [2.45, 2.75) is 53.1 Å². The predicted molar refractivity (Wildman–Crippen MR) is 134 cm³/mol. The van der Waals surface area contributed by atoms with Gasteiger partial charge < -0.3 is 19.8 Å². The summed E-state index contributed by atoms with van der Waals surface area (Å²) in [5.74, 6) is -0.0469. The summed E-state index contributed by atoms with van der Waals surface area (Å²) in [6, 6.07) is 6.25. The van der Waals surface area contributed by atoms with Crippen molar-refractivity contribution in [1.29, 1.82) is 0 Å². The van der Waals surface area contributed by atoms with Crippen LogP contribution in [0.3, 0.4) is 0 Å². The highest BCUT2D eigenvalue weighted by atomic mass is 35.5. The molecule has 0 aromatic carbocycles. The molecular weight excluding hydrogens is 485 g/mol. The Hall–Kier alpha value is -3.40. The number of rotatable bonds is 6. The zero-order chi connectivity index (χ0) is 26.2. The van der Waals surface area contributed by atoms with E-state index in [-0.39, 0.29) is 23.2 Å². The van der Waals surface area contributed by atoms with E-state index in [0.717, 1.165) is 11.1 Å². The van der Waals surface area contributed by atoms with Crippen molar-refractivity contribution < 1.29 is 19.3 Å². The minimum atomic E-state index is -1.22. The number of hydrogen-bond donors (Lipinski definition) is 2. The Balaban J connectivity index is 1.66. The lowest BCUT2D eigenvalue weighted by Crippen LogP contribution is -2.37. The molecule has 0 saturated heterocycles. The lowest BCUT2D eigenvalue weighted by atomic mass is 10.1. The molecule has 1 unspecified atom stereocenters. The molecule has 188 valence electrons. The number of pyridine rings is 2. The molecule has 8 nitrogen and oxygen atoms in total. The molecule has 4 rings (SSSR count). The fourth-order valence-corrected chi connectivity index (χ4v) is 3.98. The van der Waals surface area contributed by atoms with Crippen LogP contribution in [0.2, 0.25) is 0 Å². The Labute approximate surface area is 213 Å². The van der Waals surface area contributed by atoms with Gasteiger partial charge >= 0.3 is 0 Å². The fraction of sp³-hybridized carbons (Fsp3) is 0.308. The molecule has 2 N–H and O–H groups in total. The van der Waals surface area contributed by atoms with Crippen LogP contribution in [0.1, 0.15) is 43.4 Å². The summed E-state index contributed by atoms with van der Waals surface area (Å²) in [6.07, 6.45) is 3.82. The molecule has 0 saturated carbocycles. The minimum Gasteiger partial charge on any atom is -0.486 e. The standard InChI is InChI=1S/C26H27ClFN5O3/c1-14-11-29-18(23-15(2)12-30-25(32-23)26(4,5)35)10-19(14)33-16(3)9-20(22(27)24(33)34)36-13-17-7-6-8-21(28)31-17/h6-12,24,34-35H,13H2,1-5H3. The summed E-state index contributed by atoms with van der Waals surface area (Å²) < 4.78 is 19.1. The summed E-state index contributed by atoms with van der Waals surface area (Å²) in [7, 11) is 0. The third-order valence-electron chi connectivity index (χ3n) is 5.67. The van der Waals surface area contributed by atoms with Crippen molar-refractivity contribution in [1.82, 2.24) is 19.9 Å². The second kappa shape index (κ2) is 9.93. The lowest BCUT2D eigenvalue weighted by Gasteiger charge is -2.35. The van der Waals surface area contributed by atoms with E-state index < -0.39 is 17.8 Å². The van der Waals surface area contributed by atoms with Crippen LogP contribution in [-0.4, -0.2) is 36.4 Å². The summed E-state index contributed by atoms with van der Waals surface area (Å²) >= 11 is 6.51. The minimum absolute atomic E-state index is 0.00518. The molecule has 0 fully saturated rings. The molecule has 0 spiro atoms. The van der Waals surface area contributed by atoms with Crippen LogP contribution in [0.15, 0.2) is 59.2 Å². The molecule has 0 aliphatic carbocycles. The number of aryl methyl sites for hydroxylation is 2. The van der Waals surface area contributed by atoms with Gasteiger partial charge in [0, 0.05) is 24.2 Å². The zero-order valence-electron chi connectivity index (χ0n) is 20.6.